The van der Waals surface area contributed by atoms with E-state index in [9.17, 15) is 0 Å². The Morgan fingerprint density at radius 2 is 2.23 bits per heavy atom. The van der Waals surface area contributed by atoms with E-state index in [1.165, 1.54) is 5.69 Å². The third-order valence-corrected chi connectivity index (χ3v) is 2.29. The van der Waals surface area contributed by atoms with Crippen LogP contribution in [0.25, 0.3) is 0 Å². The maximum atomic E-state index is 5.47. The lowest BCUT2D eigenvalue weighted by Crippen LogP contribution is -2.11. The lowest BCUT2D eigenvalue weighted by molar-refractivity contribution is 0.439. The smallest absolute Gasteiger partial charge is 0.0596 e. The van der Waals surface area contributed by atoms with Crippen LogP contribution in [0.4, 0.5) is 0 Å². The van der Waals surface area contributed by atoms with Crippen molar-refractivity contribution in [3.05, 3.63) is 17.5 Å². The van der Waals surface area contributed by atoms with E-state index in [1.807, 2.05) is 6.92 Å². The van der Waals surface area contributed by atoms with Crippen LogP contribution in [0.5, 0.6) is 0 Å². The Morgan fingerprint density at radius 3 is 2.69 bits per heavy atom. The highest BCUT2D eigenvalue weighted by Crippen LogP contribution is 2.14. The van der Waals surface area contributed by atoms with Crippen LogP contribution in [0.15, 0.2) is 6.07 Å². The molecule has 13 heavy (non-hydrogen) atoms. The molecule has 1 atom stereocenters. The maximum Gasteiger partial charge on any atom is 0.0596 e. The normalized spacial score (nSPS) is 13.2. The third-order valence-electron chi connectivity index (χ3n) is 2.29. The summed E-state index contributed by atoms with van der Waals surface area (Å²) in [5, 5.41) is 4.44. The Bertz CT molecular complexity index is 265. The highest BCUT2D eigenvalue weighted by Gasteiger charge is 2.07. The molecular weight excluding hydrogens is 162 g/mol. The van der Waals surface area contributed by atoms with Crippen molar-refractivity contribution >= 4 is 0 Å². The number of rotatable bonds is 4. The summed E-state index contributed by atoms with van der Waals surface area (Å²) in [6.45, 7) is 7.08. The Balaban J connectivity index is 2.64. The van der Waals surface area contributed by atoms with Crippen molar-refractivity contribution in [2.45, 2.75) is 39.7 Å². The van der Waals surface area contributed by atoms with Crippen molar-refractivity contribution < 1.29 is 0 Å². The van der Waals surface area contributed by atoms with Gasteiger partial charge in [0.25, 0.3) is 0 Å². The van der Waals surface area contributed by atoms with E-state index in [0.717, 1.165) is 25.1 Å². The largest absolute Gasteiger partial charge is 0.330 e. The molecule has 0 bridgehead atoms. The van der Waals surface area contributed by atoms with Crippen LogP contribution in [0.1, 0.15) is 37.2 Å². The molecule has 1 rings (SSSR count). The summed E-state index contributed by atoms with van der Waals surface area (Å²) < 4.78 is 2.09. The molecule has 0 spiro atoms. The Labute approximate surface area is 79.9 Å². The second kappa shape index (κ2) is 4.42. The minimum Gasteiger partial charge on any atom is -0.330 e. The lowest BCUT2D eigenvalue weighted by atomic mass is 10.2. The molecule has 0 aromatic carbocycles. The molecular formula is C10H19N3. The number of nitrogens with two attached hydrogens (primary N) is 1. The summed E-state index contributed by atoms with van der Waals surface area (Å²) in [6.07, 6.45) is 2.18. The molecule has 0 aliphatic heterocycles. The van der Waals surface area contributed by atoms with Gasteiger partial charge in [-0.05, 0) is 46.2 Å². The van der Waals surface area contributed by atoms with Crippen molar-refractivity contribution in [2.24, 2.45) is 5.73 Å². The number of aryl methyl sites for hydroxylation is 2. The first kappa shape index (κ1) is 10.3. The van der Waals surface area contributed by atoms with Gasteiger partial charge in [-0.2, -0.15) is 5.10 Å². The molecule has 0 fully saturated rings. The lowest BCUT2D eigenvalue weighted by Gasteiger charge is -2.13. The predicted molar refractivity (Wildman–Crippen MR) is 54.7 cm³/mol. The molecule has 3 nitrogen and oxygen atoms in total. The van der Waals surface area contributed by atoms with E-state index in [0.29, 0.717) is 6.04 Å². The summed E-state index contributed by atoms with van der Waals surface area (Å²) in [7, 11) is 0. The molecule has 0 aliphatic carbocycles. The predicted octanol–water partition coefficient (Wildman–Crippen LogP) is 1.80. The van der Waals surface area contributed by atoms with E-state index < -0.39 is 0 Å². The Kier molecular flexibility index (Phi) is 3.48. The summed E-state index contributed by atoms with van der Waals surface area (Å²) in [5.41, 5.74) is 7.80. The van der Waals surface area contributed by atoms with E-state index >= 15 is 0 Å². The molecule has 0 saturated heterocycles. The fourth-order valence-corrected chi connectivity index (χ4v) is 1.63. The fourth-order valence-electron chi connectivity index (χ4n) is 1.63. The zero-order chi connectivity index (χ0) is 9.84. The summed E-state index contributed by atoms with van der Waals surface area (Å²) in [5.74, 6) is 0. The van der Waals surface area contributed by atoms with Gasteiger partial charge in [0.05, 0.1) is 5.69 Å². The standard InChI is InChI=1S/C10H19N3/c1-8-7-10(3)13(12-8)9(2)5-4-6-11/h7,9H,4-6,11H2,1-3H3. The number of hydrogen-bond acceptors (Lipinski definition) is 2. The Morgan fingerprint density at radius 1 is 1.54 bits per heavy atom. The van der Waals surface area contributed by atoms with Crippen LogP contribution in [-0.4, -0.2) is 16.3 Å². The molecule has 1 aromatic heterocycles. The topological polar surface area (TPSA) is 43.8 Å². The van der Waals surface area contributed by atoms with Crippen LogP contribution in [-0.2, 0) is 0 Å². The SMILES string of the molecule is Cc1cc(C)n(C(C)CCCN)n1. The molecule has 2 N–H and O–H groups in total. The van der Waals surface area contributed by atoms with E-state index in [2.05, 4.69) is 29.7 Å². The molecule has 0 aliphatic rings. The number of nitrogens with zero attached hydrogens (tertiary/aromatic N) is 2. The van der Waals surface area contributed by atoms with Gasteiger partial charge in [-0.1, -0.05) is 0 Å². The number of aromatic nitrogens is 2. The van der Waals surface area contributed by atoms with Gasteiger partial charge in [0.1, 0.15) is 0 Å². The average Bonchev–Trinajstić information content (AvgIpc) is 2.41. The average molecular weight is 181 g/mol. The summed E-state index contributed by atoms with van der Waals surface area (Å²) in [6, 6.07) is 2.58. The van der Waals surface area contributed by atoms with Crippen LogP contribution >= 0.6 is 0 Å². The van der Waals surface area contributed by atoms with Gasteiger partial charge in [0.2, 0.25) is 0 Å². The van der Waals surface area contributed by atoms with Crippen molar-refractivity contribution in [1.82, 2.24) is 9.78 Å². The second-order valence-corrected chi connectivity index (χ2v) is 3.65. The number of hydrogen-bond donors (Lipinski definition) is 1. The molecule has 1 unspecified atom stereocenters. The molecule has 0 amide bonds. The first-order chi connectivity index (χ1) is 6.15. The summed E-state index contributed by atoms with van der Waals surface area (Å²) >= 11 is 0. The molecule has 74 valence electrons. The minimum atomic E-state index is 0.470. The maximum absolute atomic E-state index is 5.47. The monoisotopic (exact) mass is 181 g/mol. The summed E-state index contributed by atoms with van der Waals surface area (Å²) in [4.78, 5) is 0. The Hall–Kier alpha value is -0.830. The van der Waals surface area contributed by atoms with Crippen molar-refractivity contribution in [2.75, 3.05) is 6.54 Å². The molecule has 1 heterocycles. The van der Waals surface area contributed by atoms with Gasteiger partial charge in [0.15, 0.2) is 0 Å². The van der Waals surface area contributed by atoms with Crippen LogP contribution in [0.2, 0.25) is 0 Å². The quantitative estimate of drug-likeness (QED) is 0.769. The zero-order valence-electron chi connectivity index (χ0n) is 8.75. The highest BCUT2D eigenvalue weighted by atomic mass is 15.3. The van der Waals surface area contributed by atoms with Gasteiger partial charge in [0, 0.05) is 11.7 Å². The molecule has 3 heteroatoms. The zero-order valence-corrected chi connectivity index (χ0v) is 8.75. The van der Waals surface area contributed by atoms with Crippen LogP contribution in [0.3, 0.4) is 0 Å². The van der Waals surface area contributed by atoms with Crippen molar-refractivity contribution in [3.63, 3.8) is 0 Å². The molecule has 1 aromatic rings. The van der Waals surface area contributed by atoms with Gasteiger partial charge in [-0.25, -0.2) is 0 Å². The van der Waals surface area contributed by atoms with Gasteiger partial charge < -0.3 is 5.73 Å². The fraction of sp³-hybridized carbons (Fsp3) is 0.700. The van der Waals surface area contributed by atoms with Crippen LogP contribution in [0, 0.1) is 13.8 Å². The van der Waals surface area contributed by atoms with E-state index in [-0.39, 0.29) is 0 Å². The van der Waals surface area contributed by atoms with Gasteiger partial charge >= 0.3 is 0 Å². The molecule has 0 saturated carbocycles. The second-order valence-electron chi connectivity index (χ2n) is 3.65. The third kappa shape index (κ3) is 2.56. The van der Waals surface area contributed by atoms with Crippen molar-refractivity contribution in [1.29, 1.82) is 0 Å². The molecule has 0 radical (unpaired) electrons. The van der Waals surface area contributed by atoms with Gasteiger partial charge in [-0.15, -0.1) is 0 Å². The van der Waals surface area contributed by atoms with E-state index in [1.54, 1.807) is 0 Å². The highest BCUT2D eigenvalue weighted by molar-refractivity contribution is 5.07. The van der Waals surface area contributed by atoms with Crippen molar-refractivity contribution in [3.8, 4) is 0 Å². The van der Waals surface area contributed by atoms with Crippen LogP contribution < -0.4 is 5.73 Å². The van der Waals surface area contributed by atoms with E-state index in [4.69, 9.17) is 5.73 Å². The minimum absolute atomic E-state index is 0.470. The first-order valence-electron chi connectivity index (χ1n) is 4.88. The van der Waals surface area contributed by atoms with Gasteiger partial charge in [-0.3, -0.25) is 4.68 Å². The first-order valence-corrected chi connectivity index (χ1v) is 4.88.